The second-order valence-corrected chi connectivity index (χ2v) is 7.01. The Balaban J connectivity index is 0.00000208. The van der Waals surface area contributed by atoms with Crippen LogP contribution in [-0.4, -0.2) is 24.0 Å². The zero-order valence-corrected chi connectivity index (χ0v) is 15.5. The summed E-state index contributed by atoms with van der Waals surface area (Å²) in [5.74, 6) is 0.805. The van der Waals surface area contributed by atoms with E-state index in [1.807, 2.05) is 36.6 Å². The Labute approximate surface area is 153 Å². The number of anilines is 1. The van der Waals surface area contributed by atoms with Gasteiger partial charge in [0.2, 0.25) is 5.91 Å². The molecule has 2 aromatic rings. The van der Waals surface area contributed by atoms with E-state index in [9.17, 15) is 4.79 Å². The van der Waals surface area contributed by atoms with Gasteiger partial charge in [-0.25, -0.2) is 4.98 Å². The molecule has 1 fully saturated rings. The number of carbonyl (C=O) groups is 1. The first-order chi connectivity index (χ1) is 11.2. The first-order valence-corrected chi connectivity index (χ1v) is 9.12. The molecule has 2 N–H and O–H groups in total. The number of piperidine rings is 1. The van der Waals surface area contributed by atoms with E-state index in [1.54, 1.807) is 11.3 Å². The van der Waals surface area contributed by atoms with Crippen molar-refractivity contribution in [2.75, 3.05) is 18.4 Å². The van der Waals surface area contributed by atoms with Gasteiger partial charge in [0.25, 0.3) is 0 Å². The number of benzene rings is 1. The average Bonchev–Trinajstić information content (AvgIpc) is 3.01. The zero-order chi connectivity index (χ0) is 16.1. The predicted octanol–water partition coefficient (Wildman–Crippen LogP) is 4.26. The van der Waals surface area contributed by atoms with Crippen LogP contribution in [0.15, 0.2) is 29.6 Å². The van der Waals surface area contributed by atoms with Gasteiger partial charge < -0.3 is 10.6 Å². The van der Waals surface area contributed by atoms with Crippen LogP contribution in [0.3, 0.4) is 0 Å². The minimum absolute atomic E-state index is 0. The number of rotatable bonds is 5. The fourth-order valence-electron chi connectivity index (χ4n) is 2.91. The quantitative estimate of drug-likeness (QED) is 0.832. The third-order valence-electron chi connectivity index (χ3n) is 4.27. The highest BCUT2D eigenvalue weighted by Gasteiger charge is 2.14. The lowest BCUT2D eigenvalue weighted by atomic mass is 9.93. The summed E-state index contributed by atoms with van der Waals surface area (Å²) in [4.78, 5) is 16.6. The lowest BCUT2D eigenvalue weighted by Gasteiger charge is -2.22. The summed E-state index contributed by atoms with van der Waals surface area (Å²) in [5.41, 5.74) is 2.99. The van der Waals surface area contributed by atoms with Gasteiger partial charge >= 0.3 is 0 Å². The number of nitrogens with zero attached hydrogens (tertiary/aromatic N) is 1. The van der Waals surface area contributed by atoms with Crippen molar-refractivity contribution in [3.63, 3.8) is 0 Å². The summed E-state index contributed by atoms with van der Waals surface area (Å²) in [7, 11) is 0. The maximum Gasteiger partial charge on any atom is 0.224 e. The minimum Gasteiger partial charge on any atom is -0.326 e. The molecule has 1 aromatic heterocycles. The van der Waals surface area contributed by atoms with Crippen LogP contribution in [0.25, 0.3) is 10.6 Å². The first kappa shape index (κ1) is 18.9. The Kier molecular flexibility index (Phi) is 7.21. The highest BCUT2D eigenvalue weighted by Crippen LogP contribution is 2.25. The molecular weight excluding hydrogens is 342 g/mol. The standard InChI is InChI=1S/C18H23N3OS.ClH/c1-13-12-23-18(20-13)15-3-5-16(6-4-15)21-17(22)7-2-14-8-10-19-11-9-14;/h3-6,12,14,19H,2,7-11H2,1H3,(H,21,22);1H. The molecule has 1 aromatic carbocycles. The first-order valence-electron chi connectivity index (χ1n) is 8.24. The van der Waals surface area contributed by atoms with Gasteiger partial charge in [-0.1, -0.05) is 0 Å². The summed E-state index contributed by atoms with van der Waals surface area (Å²) in [6.07, 6.45) is 3.98. The Hall–Kier alpha value is -1.43. The van der Waals surface area contributed by atoms with E-state index in [4.69, 9.17) is 0 Å². The summed E-state index contributed by atoms with van der Waals surface area (Å²) in [6, 6.07) is 7.93. The van der Waals surface area contributed by atoms with Crippen molar-refractivity contribution in [2.24, 2.45) is 5.92 Å². The van der Waals surface area contributed by atoms with Gasteiger partial charge in [0.15, 0.2) is 0 Å². The molecule has 2 heterocycles. The lowest BCUT2D eigenvalue weighted by Crippen LogP contribution is -2.28. The SMILES string of the molecule is Cc1csc(-c2ccc(NC(=O)CCC3CCNCC3)cc2)n1.Cl. The second-order valence-electron chi connectivity index (χ2n) is 6.15. The van der Waals surface area contributed by atoms with Gasteiger partial charge in [0.05, 0.1) is 0 Å². The van der Waals surface area contributed by atoms with Gasteiger partial charge in [-0.15, -0.1) is 23.7 Å². The summed E-state index contributed by atoms with van der Waals surface area (Å²) in [5, 5.41) is 9.42. The third-order valence-corrected chi connectivity index (χ3v) is 5.28. The maximum atomic E-state index is 12.1. The molecule has 130 valence electrons. The molecule has 1 aliphatic heterocycles. The molecular formula is C18H24ClN3OS. The summed E-state index contributed by atoms with van der Waals surface area (Å²) >= 11 is 1.64. The number of aryl methyl sites for hydroxylation is 1. The van der Waals surface area contributed by atoms with E-state index in [0.29, 0.717) is 12.3 Å². The Morgan fingerprint density at radius 3 is 2.62 bits per heavy atom. The Morgan fingerprint density at radius 2 is 2.00 bits per heavy atom. The molecule has 0 radical (unpaired) electrons. The number of hydrogen-bond donors (Lipinski definition) is 2. The molecule has 0 spiro atoms. The largest absolute Gasteiger partial charge is 0.326 e. The molecule has 1 aliphatic rings. The molecule has 24 heavy (non-hydrogen) atoms. The number of nitrogens with one attached hydrogen (secondary N) is 2. The van der Waals surface area contributed by atoms with Crippen LogP contribution in [-0.2, 0) is 4.79 Å². The molecule has 0 unspecified atom stereocenters. The van der Waals surface area contributed by atoms with Crippen LogP contribution in [0, 0.1) is 12.8 Å². The van der Waals surface area contributed by atoms with E-state index in [1.165, 1.54) is 12.8 Å². The molecule has 1 amide bonds. The molecule has 6 heteroatoms. The van der Waals surface area contributed by atoms with Crippen LogP contribution in [0.5, 0.6) is 0 Å². The van der Waals surface area contributed by atoms with Crippen LogP contribution in [0.1, 0.15) is 31.4 Å². The van der Waals surface area contributed by atoms with Crippen molar-refractivity contribution in [2.45, 2.75) is 32.6 Å². The van der Waals surface area contributed by atoms with E-state index in [0.717, 1.165) is 41.5 Å². The number of halogens is 1. The number of thiazole rings is 1. The molecule has 4 nitrogen and oxygen atoms in total. The molecule has 0 atom stereocenters. The van der Waals surface area contributed by atoms with Crippen LogP contribution in [0.4, 0.5) is 5.69 Å². The monoisotopic (exact) mass is 365 g/mol. The smallest absolute Gasteiger partial charge is 0.224 e. The predicted molar refractivity (Wildman–Crippen MR) is 103 cm³/mol. The minimum atomic E-state index is 0. The highest BCUT2D eigenvalue weighted by molar-refractivity contribution is 7.13. The second kappa shape index (κ2) is 9.16. The Bertz CT molecular complexity index is 651. The third kappa shape index (κ3) is 5.30. The van der Waals surface area contributed by atoms with Gasteiger partial charge in [0, 0.05) is 28.7 Å². The van der Waals surface area contributed by atoms with Gasteiger partial charge in [-0.3, -0.25) is 4.79 Å². The summed E-state index contributed by atoms with van der Waals surface area (Å²) in [6.45, 7) is 4.17. The normalized spacial score (nSPS) is 14.9. The number of aromatic nitrogens is 1. The van der Waals surface area contributed by atoms with Crippen molar-refractivity contribution in [1.29, 1.82) is 0 Å². The molecule has 0 saturated carbocycles. The Morgan fingerprint density at radius 1 is 1.29 bits per heavy atom. The lowest BCUT2D eigenvalue weighted by molar-refractivity contribution is -0.116. The zero-order valence-electron chi connectivity index (χ0n) is 13.9. The fraction of sp³-hybridized carbons (Fsp3) is 0.444. The van der Waals surface area contributed by atoms with Gasteiger partial charge in [-0.05, 0) is 69.5 Å². The van der Waals surface area contributed by atoms with E-state index >= 15 is 0 Å². The van der Waals surface area contributed by atoms with Crippen molar-refractivity contribution in [1.82, 2.24) is 10.3 Å². The molecule has 3 rings (SSSR count). The fourth-order valence-corrected chi connectivity index (χ4v) is 3.72. The van der Waals surface area contributed by atoms with Gasteiger partial charge in [0.1, 0.15) is 5.01 Å². The average molecular weight is 366 g/mol. The van der Waals surface area contributed by atoms with E-state index in [-0.39, 0.29) is 18.3 Å². The van der Waals surface area contributed by atoms with Crippen molar-refractivity contribution >= 4 is 35.3 Å². The van der Waals surface area contributed by atoms with Crippen molar-refractivity contribution in [3.05, 3.63) is 35.3 Å². The van der Waals surface area contributed by atoms with Gasteiger partial charge in [-0.2, -0.15) is 0 Å². The molecule has 0 bridgehead atoms. The molecule has 1 saturated heterocycles. The number of hydrogen-bond acceptors (Lipinski definition) is 4. The van der Waals surface area contributed by atoms with Crippen molar-refractivity contribution in [3.8, 4) is 10.6 Å². The maximum absolute atomic E-state index is 12.1. The van der Waals surface area contributed by atoms with Crippen molar-refractivity contribution < 1.29 is 4.79 Å². The molecule has 0 aliphatic carbocycles. The number of carbonyl (C=O) groups excluding carboxylic acids is 1. The number of amides is 1. The van der Waals surface area contributed by atoms with E-state index < -0.39 is 0 Å². The van der Waals surface area contributed by atoms with Crippen LogP contribution in [0.2, 0.25) is 0 Å². The van der Waals surface area contributed by atoms with Crippen LogP contribution < -0.4 is 10.6 Å². The highest BCUT2D eigenvalue weighted by atomic mass is 35.5. The summed E-state index contributed by atoms with van der Waals surface area (Å²) < 4.78 is 0. The van der Waals surface area contributed by atoms with E-state index in [2.05, 4.69) is 15.6 Å². The van der Waals surface area contributed by atoms with Crippen LogP contribution >= 0.6 is 23.7 Å². The topological polar surface area (TPSA) is 54.0 Å².